The van der Waals surface area contributed by atoms with E-state index in [1.54, 1.807) is 0 Å². The van der Waals surface area contributed by atoms with Gasteiger partial charge < -0.3 is 10.4 Å². The van der Waals surface area contributed by atoms with E-state index >= 15 is 0 Å². The number of benzene rings is 1. The summed E-state index contributed by atoms with van der Waals surface area (Å²) in [6.45, 7) is 2.21. The van der Waals surface area contributed by atoms with Crippen LogP contribution in [0.5, 0.6) is 0 Å². The van der Waals surface area contributed by atoms with Crippen molar-refractivity contribution in [2.75, 3.05) is 13.2 Å². The molecule has 0 radical (unpaired) electrons. The zero-order valence-electron chi connectivity index (χ0n) is 8.90. The van der Waals surface area contributed by atoms with Crippen molar-refractivity contribution >= 4 is 18.5 Å². The van der Waals surface area contributed by atoms with Gasteiger partial charge in [-0.05, 0) is 24.1 Å². The zero-order valence-corrected chi connectivity index (χ0v) is 9.80. The Morgan fingerprint density at radius 3 is 2.88 bits per heavy atom. The molecule has 0 aliphatic carbocycles. The monoisotopic (exact) mass is 243 g/mol. The molecule has 0 heterocycles. The molecule has 1 amide bonds. The summed E-state index contributed by atoms with van der Waals surface area (Å²) in [5.41, 5.74) is 0.358. The van der Waals surface area contributed by atoms with Crippen LogP contribution in [-0.2, 0) is 0 Å². The molecule has 0 spiro atoms. The molecule has 0 aliphatic heterocycles. The average molecular weight is 243 g/mol. The van der Waals surface area contributed by atoms with Crippen LogP contribution in [0.2, 0.25) is 0 Å². The largest absolute Gasteiger partial charge is 0.396 e. The Morgan fingerprint density at radius 1 is 1.62 bits per heavy atom. The van der Waals surface area contributed by atoms with Gasteiger partial charge in [-0.1, -0.05) is 6.92 Å². The minimum Gasteiger partial charge on any atom is -0.396 e. The number of carbonyl (C=O) groups is 1. The van der Waals surface area contributed by atoms with Crippen LogP contribution in [0.4, 0.5) is 4.39 Å². The molecule has 1 aromatic carbocycles. The summed E-state index contributed by atoms with van der Waals surface area (Å²) in [6.07, 6.45) is 0. The highest BCUT2D eigenvalue weighted by molar-refractivity contribution is 7.80. The minimum atomic E-state index is -0.455. The molecule has 0 bridgehead atoms. The van der Waals surface area contributed by atoms with Crippen molar-refractivity contribution in [2.45, 2.75) is 11.8 Å². The van der Waals surface area contributed by atoms with Gasteiger partial charge in [0, 0.05) is 23.6 Å². The number of aliphatic hydroxyl groups excluding tert-OH is 1. The average Bonchev–Trinajstić information content (AvgIpc) is 2.29. The summed E-state index contributed by atoms with van der Waals surface area (Å²) < 4.78 is 12.9. The number of nitrogens with one attached hydrogen (secondary N) is 1. The number of amides is 1. The predicted molar refractivity (Wildman–Crippen MR) is 62.2 cm³/mol. The van der Waals surface area contributed by atoms with Crippen LogP contribution in [-0.4, -0.2) is 24.2 Å². The minimum absolute atomic E-state index is 0.000120. The van der Waals surface area contributed by atoms with E-state index in [9.17, 15) is 9.18 Å². The van der Waals surface area contributed by atoms with Crippen LogP contribution < -0.4 is 5.32 Å². The maximum atomic E-state index is 12.9. The number of thiol groups is 1. The molecule has 1 rings (SSSR count). The number of carbonyl (C=O) groups excluding carboxylic acids is 1. The van der Waals surface area contributed by atoms with Gasteiger partial charge in [-0.25, -0.2) is 4.39 Å². The van der Waals surface area contributed by atoms with Crippen molar-refractivity contribution in [1.29, 1.82) is 0 Å². The molecule has 1 atom stereocenters. The summed E-state index contributed by atoms with van der Waals surface area (Å²) in [5, 5.41) is 11.4. The first-order valence-electron chi connectivity index (χ1n) is 4.92. The smallest absolute Gasteiger partial charge is 0.251 e. The van der Waals surface area contributed by atoms with Crippen LogP contribution in [0, 0.1) is 11.7 Å². The Morgan fingerprint density at radius 2 is 2.31 bits per heavy atom. The molecule has 0 saturated heterocycles. The molecule has 3 nitrogen and oxygen atoms in total. The number of hydrogen-bond donors (Lipinski definition) is 3. The molecule has 0 aromatic heterocycles. The molecular weight excluding hydrogens is 229 g/mol. The lowest BCUT2D eigenvalue weighted by molar-refractivity contribution is 0.0942. The Hall–Kier alpha value is -1.07. The lowest BCUT2D eigenvalue weighted by atomic mass is 10.1. The van der Waals surface area contributed by atoms with Gasteiger partial charge in [0.1, 0.15) is 5.82 Å². The summed E-state index contributed by atoms with van der Waals surface area (Å²) >= 11 is 3.89. The van der Waals surface area contributed by atoms with Gasteiger partial charge >= 0.3 is 0 Å². The van der Waals surface area contributed by atoms with E-state index in [0.29, 0.717) is 12.1 Å². The van der Waals surface area contributed by atoms with Gasteiger partial charge in [0.05, 0.1) is 0 Å². The van der Waals surface area contributed by atoms with Gasteiger partial charge in [0.15, 0.2) is 0 Å². The molecule has 2 N–H and O–H groups in total. The Bertz CT molecular complexity index is 384. The van der Waals surface area contributed by atoms with E-state index in [1.165, 1.54) is 18.2 Å². The van der Waals surface area contributed by atoms with Crippen molar-refractivity contribution in [3.63, 3.8) is 0 Å². The third-order valence-corrected chi connectivity index (χ3v) is 2.47. The second kappa shape index (κ2) is 5.86. The molecule has 88 valence electrons. The van der Waals surface area contributed by atoms with E-state index in [0.717, 1.165) is 0 Å². The quantitative estimate of drug-likeness (QED) is 0.701. The highest BCUT2D eigenvalue weighted by Gasteiger charge is 2.09. The summed E-state index contributed by atoms with van der Waals surface area (Å²) in [4.78, 5) is 11.7. The molecule has 0 saturated carbocycles. The number of hydrogen-bond acceptors (Lipinski definition) is 3. The topological polar surface area (TPSA) is 49.3 Å². The Balaban J connectivity index is 2.63. The first kappa shape index (κ1) is 13.0. The van der Waals surface area contributed by atoms with Crippen molar-refractivity contribution in [1.82, 2.24) is 5.32 Å². The van der Waals surface area contributed by atoms with E-state index in [2.05, 4.69) is 17.9 Å². The fourth-order valence-corrected chi connectivity index (χ4v) is 1.30. The number of aliphatic hydroxyl groups is 1. The van der Waals surface area contributed by atoms with Crippen LogP contribution in [0.15, 0.2) is 23.1 Å². The highest BCUT2D eigenvalue weighted by Crippen LogP contribution is 2.14. The van der Waals surface area contributed by atoms with Crippen LogP contribution in [0.25, 0.3) is 0 Å². The third-order valence-electron chi connectivity index (χ3n) is 2.13. The standard InChI is InChI=1S/C11H14FNO2S/c1-7(6-14)5-13-11(15)8-2-3-9(12)10(16)4-8/h2-4,7,14,16H,5-6H2,1H3,(H,13,15). The van der Waals surface area contributed by atoms with Gasteiger partial charge in [0.25, 0.3) is 5.91 Å². The lowest BCUT2D eigenvalue weighted by Crippen LogP contribution is -2.29. The molecule has 16 heavy (non-hydrogen) atoms. The van der Waals surface area contributed by atoms with E-state index in [4.69, 9.17) is 5.11 Å². The van der Waals surface area contributed by atoms with Crippen LogP contribution >= 0.6 is 12.6 Å². The second-order valence-electron chi connectivity index (χ2n) is 3.66. The molecule has 5 heteroatoms. The number of rotatable bonds is 4. The van der Waals surface area contributed by atoms with E-state index in [-0.39, 0.29) is 23.3 Å². The summed E-state index contributed by atoms with van der Waals surface area (Å²) in [6, 6.07) is 3.97. The molecule has 1 aromatic rings. The highest BCUT2D eigenvalue weighted by atomic mass is 32.1. The first-order valence-corrected chi connectivity index (χ1v) is 5.37. The molecular formula is C11H14FNO2S. The first-order chi connectivity index (χ1) is 7.54. The maximum absolute atomic E-state index is 12.9. The third kappa shape index (κ3) is 3.50. The van der Waals surface area contributed by atoms with Gasteiger partial charge in [0.2, 0.25) is 0 Å². The van der Waals surface area contributed by atoms with Crippen molar-refractivity contribution < 1.29 is 14.3 Å². The zero-order chi connectivity index (χ0) is 12.1. The van der Waals surface area contributed by atoms with Crippen molar-refractivity contribution in [3.8, 4) is 0 Å². The lowest BCUT2D eigenvalue weighted by Gasteiger charge is -2.09. The van der Waals surface area contributed by atoms with E-state index < -0.39 is 5.82 Å². The van der Waals surface area contributed by atoms with Gasteiger partial charge in [-0.3, -0.25) is 4.79 Å². The van der Waals surface area contributed by atoms with Crippen LogP contribution in [0.3, 0.4) is 0 Å². The maximum Gasteiger partial charge on any atom is 0.251 e. The summed E-state index contributed by atoms with van der Waals surface area (Å²) in [5.74, 6) is -0.751. The molecule has 0 aliphatic rings. The summed E-state index contributed by atoms with van der Waals surface area (Å²) in [7, 11) is 0. The molecule has 1 unspecified atom stereocenters. The number of halogens is 1. The van der Waals surface area contributed by atoms with Gasteiger partial charge in [-0.2, -0.15) is 0 Å². The predicted octanol–water partition coefficient (Wildman–Crippen LogP) is 1.47. The molecule has 0 fully saturated rings. The fraction of sp³-hybridized carbons (Fsp3) is 0.364. The second-order valence-corrected chi connectivity index (χ2v) is 4.15. The van der Waals surface area contributed by atoms with Gasteiger partial charge in [-0.15, -0.1) is 12.6 Å². The van der Waals surface area contributed by atoms with Crippen LogP contribution in [0.1, 0.15) is 17.3 Å². The Labute approximate surface area is 99.1 Å². The van der Waals surface area contributed by atoms with E-state index in [1.807, 2.05) is 6.92 Å². The van der Waals surface area contributed by atoms with Crippen molar-refractivity contribution in [3.05, 3.63) is 29.6 Å². The fourth-order valence-electron chi connectivity index (χ4n) is 1.09. The Kier molecular flexibility index (Phi) is 4.76. The van der Waals surface area contributed by atoms with Crippen molar-refractivity contribution in [2.24, 2.45) is 5.92 Å². The normalized spacial score (nSPS) is 12.2. The SMILES string of the molecule is CC(CO)CNC(=O)c1ccc(F)c(S)c1.